The molecule has 0 amide bonds. The molecule has 2 aromatic carbocycles. The van der Waals surface area contributed by atoms with Crippen LogP contribution in [0.5, 0.6) is 0 Å². The van der Waals surface area contributed by atoms with Gasteiger partial charge in [-0.05, 0) is 56.0 Å². The molecule has 0 spiro atoms. The third-order valence-electron chi connectivity index (χ3n) is 3.93. The maximum Gasteiger partial charge on any atom is 0.241 e. The molecule has 124 valence electrons. The zero-order chi connectivity index (χ0) is 17.2. The second-order valence-corrected chi connectivity index (χ2v) is 7.95. The number of benzene rings is 2. The summed E-state index contributed by atoms with van der Waals surface area (Å²) in [5.74, 6) is 0. The molecular formula is C18H22ClNO2S. The van der Waals surface area contributed by atoms with Gasteiger partial charge in [0.1, 0.15) is 0 Å². The van der Waals surface area contributed by atoms with Crippen LogP contribution in [0.4, 0.5) is 0 Å². The zero-order valence-electron chi connectivity index (χ0n) is 13.9. The van der Waals surface area contributed by atoms with Crippen LogP contribution in [0.25, 0.3) is 0 Å². The minimum absolute atomic E-state index is 0.254. The van der Waals surface area contributed by atoms with Crippen molar-refractivity contribution in [3.8, 4) is 0 Å². The lowest BCUT2D eigenvalue weighted by Crippen LogP contribution is -2.29. The Kier molecular flexibility index (Phi) is 5.50. The van der Waals surface area contributed by atoms with Crippen LogP contribution in [0.2, 0.25) is 5.02 Å². The first-order chi connectivity index (χ1) is 10.7. The summed E-state index contributed by atoms with van der Waals surface area (Å²) in [5.41, 5.74) is 3.51. The van der Waals surface area contributed by atoms with Crippen LogP contribution in [0, 0.1) is 20.8 Å². The minimum Gasteiger partial charge on any atom is -0.207 e. The predicted molar refractivity (Wildman–Crippen MR) is 95.5 cm³/mol. The smallest absolute Gasteiger partial charge is 0.207 e. The Balaban J connectivity index is 2.36. The lowest BCUT2D eigenvalue weighted by molar-refractivity contribution is 0.549. The molecule has 0 aliphatic rings. The lowest BCUT2D eigenvalue weighted by atomic mass is 10.0. The van der Waals surface area contributed by atoms with Gasteiger partial charge in [0.25, 0.3) is 0 Å². The van der Waals surface area contributed by atoms with E-state index in [-0.39, 0.29) is 10.9 Å². The number of rotatable bonds is 5. The normalized spacial score (nSPS) is 13.1. The van der Waals surface area contributed by atoms with Crippen molar-refractivity contribution in [1.29, 1.82) is 0 Å². The number of hydrogen-bond acceptors (Lipinski definition) is 2. The van der Waals surface area contributed by atoms with E-state index in [1.54, 1.807) is 26.0 Å². The highest BCUT2D eigenvalue weighted by atomic mass is 35.5. The van der Waals surface area contributed by atoms with Crippen LogP contribution in [-0.2, 0) is 10.0 Å². The van der Waals surface area contributed by atoms with E-state index in [1.165, 1.54) is 0 Å². The van der Waals surface area contributed by atoms with E-state index in [0.29, 0.717) is 17.0 Å². The molecule has 0 bridgehead atoms. The zero-order valence-corrected chi connectivity index (χ0v) is 15.4. The lowest BCUT2D eigenvalue weighted by Gasteiger charge is -2.19. The summed E-state index contributed by atoms with van der Waals surface area (Å²) in [4.78, 5) is 0.282. The molecule has 0 aliphatic carbocycles. The Morgan fingerprint density at radius 1 is 1.04 bits per heavy atom. The number of aryl methyl sites for hydroxylation is 3. The molecular weight excluding hydrogens is 330 g/mol. The average Bonchev–Trinajstić information content (AvgIpc) is 2.49. The minimum atomic E-state index is -3.61. The third-order valence-corrected chi connectivity index (χ3v) is 5.95. The van der Waals surface area contributed by atoms with Crippen LogP contribution in [0.3, 0.4) is 0 Å². The van der Waals surface area contributed by atoms with Gasteiger partial charge in [0.05, 0.1) is 4.90 Å². The SMILES string of the molecule is CCC(NS(=O)(=O)c1cc(C)c(Cl)cc1C)c1ccc(C)cc1. The van der Waals surface area contributed by atoms with E-state index in [1.807, 2.05) is 38.1 Å². The highest BCUT2D eigenvalue weighted by Gasteiger charge is 2.22. The van der Waals surface area contributed by atoms with Crippen molar-refractivity contribution >= 4 is 21.6 Å². The molecule has 1 N–H and O–H groups in total. The summed E-state index contributed by atoms with van der Waals surface area (Å²) in [6.07, 6.45) is 0.675. The molecule has 0 aliphatic heterocycles. The molecule has 0 saturated carbocycles. The van der Waals surface area contributed by atoms with Crippen molar-refractivity contribution in [2.45, 2.75) is 45.1 Å². The maximum absolute atomic E-state index is 12.8. The van der Waals surface area contributed by atoms with Gasteiger partial charge in [-0.3, -0.25) is 0 Å². The second-order valence-electron chi connectivity index (χ2n) is 5.86. The summed E-state index contributed by atoms with van der Waals surface area (Å²) in [7, 11) is -3.61. The topological polar surface area (TPSA) is 46.2 Å². The summed E-state index contributed by atoms with van der Waals surface area (Å²) >= 11 is 6.06. The number of hydrogen-bond donors (Lipinski definition) is 1. The molecule has 0 aromatic heterocycles. The van der Waals surface area contributed by atoms with Gasteiger partial charge >= 0.3 is 0 Å². The standard InChI is InChI=1S/C18H22ClNO2S/c1-5-17(15-8-6-12(2)7-9-15)20-23(21,22)18-11-13(3)16(19)10-14(18)4/h6-11,17,20H,5H2,1-4H3. The fourth-order valence-corrected chi connectivity index (χ4v) is 4.32. The second kappa shape index (κ2) is 7.04. The van der Waals surface area contributed by atoms with E-state index in [9.17, 15) is 8.42 Å². The molecule has 1 unspecified atom stereocenters. The highest BCUT2D eigenvalue weighted by molar-refractivity contribution is 7.89. The van der Waals surface area contributed by atoms with Gasteiger partial charge in [-0.15, -0.1) is 0 Å². The van der Waals surface area contributed by atoms with Gasteiger partial charge < -0.3 is 0 Å². The molecule has 1 atom stereocenters. The molecule has 0 saturated heterocycles. The van der Waals surface area contributed by atoms with Crippen LogP contribution in [0.15, 0.2) is 41.3 Å². The highest BCUT2D eigenvalue weighted by Crippen LogP contribution is 2.26. The van der Waals surface area contributed by atoms with E-state index in [2.05, 4.69) is 4.72 Å². The van der Waals surface area contributed by atoms with Crippen molar-refractivity contribution in [1.82, 2.24) is 4.72 Å². The summed E-state index contributed by atoms with van der Waals surface area (Å²) in [6, 6.07) is 11.0. The Labute approximate surface area is 143 Å². The van der Waals surface area contributed by atoms with Crippen molar-refractivity contribution in [2.75, 3.05) is 0 Å². The van der Waals surface area contributed by atoms with E-state index >= 15 is 0 Å². The van der Waals surface area contributed by atoms with Crippen molar-refractivity contribution in [2.24, 2.45) is 0 Å². The Morgan fingerprint density at radius 3 is 2.22 bits per heavy atom. The van der Waals surface area contributed by atoms with E-state index in [4.69, 9.17) is 11.6 Å². The summed E-state index contributed by atoms with van der Waals surface area (Å²) in [5, 5.41) is 0.576. The number of nitrogens with one attached hydrogen (secondary N) is 1. The van der Waals surface area contributed by atoms with Gasteiger partial charge in [0, 0.05) is 11.1 Å². The first kappa shape index (κ1) is 18.0. The molecule has 2 aromatic rings. The van der Waals surface area contributed by atoms with Gasteiger partial charge in [0.15, 0.2) is 0 Å². The fraction of sp³-hybridized carbons (Fsp3) is 0.333. The number of sulfonamides is 1. The Hall–Kier alpha value is -1.36. The van der Waals surface area contributed by atoms with E-state index in [0.717, 1.165) is 16.7 Å². The molecule has 0 radical (unpaired) electrons. The molecule has 0 heterocycles. The molecule has 23 heavy (non-hydrogen) atoms. The predicted octanol–water partition coefficient (Wildman–Crippen LogP) is 4.69. The number of halogens is 1. The monoisotopic (exact) mass is 351 g/mol. The van der Waals surface area contributed by atoms with Crippen LogP contribution in [0.1, 0.15) is 41.6 Å². The molecule has 2 rings (SSSR count). The third kappa shape index (κ3) is 4.14. The summed E-state index contributed by atoms with van der Waals surface area (Å²) in [6.45, 7) is 7.53. The van der Waals surface area contributed by atoms with Gasteiger partial charge in [-0.25, -0.2) is 13.1 Å². The van der Waals surface area contributed by atoms with Crippen molar-refractivity contribution < 1.29 is 8.42 Å². The van der Waals surface area contributed by atoms with Crippen molar-refractivity contribution in [3.05, 3.63) is 63.7 Å². The quantitative estimate of drug-likeness (QED) is 0.849. The fourth-order valence-electron chi connectivity index (χ4n) is 2.48. The molecule has 0 fully saturated rings. The van der Waals surface area contributed by atoms with Crippen LogP contribution < -0.4 is 4.72 Å². The van der Waals surface area contributed by atoms with Gasteiger partial charge in [-0.1, -0.05) is 48.4 Å². The van der Waals surface area contributed by atoms with Gasteiger partial charge in [0.2, 0.25) is 10.0 Å². The Bertz CT molecular complexity index is 799. The first-order valence-electron chi connectivity index (χ1n) is 7.60. The Morgan fingerprint density at radius 2 is 1.65 bits per heavy atom. The van der Waals surface area contributed by atoms with E-state index < -0.39 is 10.0 Å². The van der Waals surface area contributed by atoms with Crippen molar-refractivity contribution in [3.63, 3.8) is 0 Å². The average molecular weight is 352 g/mol. The van der Waals surface area contributed by atoms with Gasteiger partial charge in [-0.2, -0.15) is 0 Å². The van der Waals surface area contributed by atoms with Crippen LogP contribution in [-0.4, -0.2) is 8.42 Å². The largest absolute Gasteiger partial charge is 0.241 e. The first-order valence-corrected chi connectivity index (χ1v) is 9.46. The summed E-state index contributed by atoms with van der Waals surface area (Å²) < 4.78 is 28.4. The molecule has 3 nitrogen and oxygen atoms in total. The maximum atomic E-state index is 12.8. The van der Waals surface area contributed by atoms with Crippen LogP contribution >= 0.6 is 11.6 Å². The molecule has 5 heteroatoms.